The number of fused-ring (bicyclic) bond motifs is 1. The van der Waals surface area contributed by atoms with Crippen LogP contribution in [-0.2, 0) is 16.0 Å². The molecule has 0 bridgehead atoms. The summed E-state index contributed by atoms with van der Waals surface area (Å²) in [6, 6.07) is 12.3. The van der Waals surface area contributed by atoms with Gasteiger partial charge in [0.2, 0.25) is 0 Å². The van der Waals surface area contributed by atoms with Crippen LogP contribution in [0.2, 0.25) is 5.02 Å². The first-order valence-electron chi connectivity index (χ1n) is 12.8. The lowest BCUT2D eigenvalue weighted by molar-refractivity contribution is -0.139. The van der Waals surface area contributed by atoms with Gasteiger partial charge in [0.15, 0.2) is 11.5 Å². The third-order valence-corrected chi connectivity index (χ3v) is 6.60. The number of benzene rings is 3. The van der Waals surface area contributed by atoms with E-state index in [-0.39, 0.29) is 18.3 Å². The molecule has 1 heterocycles. The summed E-state index contributed by atoms with van der Waals surface area (Å²) < 4.78 is 29.5. The molecule has 9 heteroatoms. The third kappa shape index (κ3) is 8.17. The molecule has 1 N–H and O–H groups in total. The number of amides is 1. The summed E-state index contributed by atoms with van der Waals surface area (Å²) >= 11 is 6.29. The molecule has 1 aliphatic rings. The van der Waals surface area contributed by atoms with Crippen LogP contribution in [-0.4, -0.2) is 38.7 Å². The van der Waals surface area contributed by atoms with Crippen molar-refractivity contribution in [3.63, 3.8) is 0 Å². The maximum atomic E-state index is 13.6. The SMILES string of the molecule is CC.CCc1cc(F)cc(Cl)c1-c1ccc(C)c2c1OCCO2.COC(=O)CNC(=O)c1c(C)cccc1P. The van der Waals surface area contributed by atoms with E-state index >= 15 is 0 Å². The predicted octanol–water partition coefficient (Wildman–Crippen LogP) is 6.21. The van der Waals surface area contributed by atoms with Crippen LogP contribution in [0.1, 0.15) is 47.8 Å². The summed E-state index contributed by atoms with van der Waals surface area (Å²) in [5.41, 5.74) is 5.01. The van der Waals surface area contributed by atoms with Gasteiger partial charge in [-0.1, -0.05) is 62.7 Å². The van der Waals surface area contributed by atoms with Crippen molar-refractivity contribution in [1.29, 1.82) is 0 Å². The Morgan fingerprint density at radius 3 is 2.33 bits per heavy atom. The van der Waals surface area contributed by atoms with Gasteiger partial charge in [0, 0.05) is 16.7 Å². The molecule has 0 fully saturated rings. The molecular formula is C30H36ClFNO5P. The molecule has 39 heavy (non-hydrogen) atoms. The minimum atomic E-state index is -0.466. The number of hydrogen-bond donors (Lipinski definition) is 1. The first kappa shape index (κ1) is 32.1. The van der Waals surface area contributed by atoms with Gasteiger partial charge in [-0.3, -0.25) is 9.59 Å². The van der Waals surface area contributed by atoms with Gasteiger partial charge in [-0.15, -0.1) is 9.24 Å². The second kappa shape index (κ2) is 15.4. The van der Waals surface area contributed by atoms with Crippen LogP contribution >= 0.6 is 20.8 Å². The van der Waals surface area contributed by atoms with E-state index in [9.17, 15) is 14.0 Å². The molecule has 0 spiro atoms. The van der Waals surface area contributed by atoms with Crippen LogP contribution in [0.25, 0.3) is 11.1 Å². The van der Waals surface area contributed by atoms with Gasteiger partial charge in [0.05, 0.1) is 12.1 Å². The molecule has 0 saturated carbocycles. The van der Waals surface area contributed by atoms with Crippen LogP contribution in [0.3, 0.4) is 0 Å². The number of aryl methyl sites for hydroxylation is 3. The van der Waals surface area contributed by atoms with Gasteiger partial charge in [0.25, 0.3) is 5.91 Å². The second-order valence-corrected chi connectivity index (χ2v) is 9.39. The van der Waals surface area contributed by atoms with Crippen molar-refractivity contribution < 1.29 is 28.2 Å². The van der Waals surface area contributed by atoms with Gasteiger partial charge in [-0.05, 0) is 54.4 Å². The fourth-order valence-electron chi connectivity index (χ4n) is 3.99. The van der Waals surface area contributed by atoms with Gasteiger partial charge >= 0.3 is 5.97 Å². The Hall–Kier alpha value is -3.15. The van der Waals surface area contributed by atoms with E-state index < -0.39 is 5.97 Å². The lowest BCUT2D eigenvalue weighted by Crippen LogP contribution is -2.32. The minimum absolute atomic E-state index is 0.117. The van der Waals surface area contributed by atoms with E-state index in [4.69, 9.17) is 21.1 Å². The molecular weight excluding hydrogens is 540 g/mol. The van der Waals surface area contributed by atoms with E-state index in [0.717, 1.165) is 38.9 Å². The summed E-state index contributed by atoms with van der Waals surface area (Å²) in [7, 11) is 3.78. The molecule has 6 nitrogen and oxygen atoms in total. The number of carbonyl (C=O) groups is 2. The maximum Gasteiger partial charge on any atom is 0.325 e. The second-order valence-electron chi connectivity index (χ2n) is 8.36. The summed E-state index contributed by atoms with van der Waals surface area (Å²) in [6.07, 6.45) is 0.691. The smallest absolute Gasteiger partial charge is 0.325 e. The standard InChI is InChI=1S/C17H16ClFO2.C11H14NO3P.C2H6/c1-3-11-8-12(19)9-14(18)15(11)13-5-4-10(2)16-17(13)21-7-6-20-16;1-7-4-3-5-8(16)10(7)11(14)12-6-9(13)15-2;1-2/h4-5,8-9H,3,6-7H2,1-2H3;3-5H,6,16H2,1-2H3,(H,12,14);1-2H3. The number of rotatable bonds is 5. The predicted molar refractivity (Wildman–Crippen MR) is 158 cm³/mol. The molecule has 210 valence electrons. The quantitative estimate of drug-likeness (QED) is 0.289. The molecule has 0 aliphatic carbocycles. The highest BCUT2D eigenvalue weighted by Crippen LogP contribution is 2.45. The number of nitrogens with one attached hydrogen (secondary N) is 1. The molecule has 3 aromatic rings. The molecule has 1 atom stereocenters. The van der Waals surface area contributed by atoms with E-state index in [2.05, 4.69) is 19.3 Å². The van der Waals surface area contributed by atoms with Crippen LogP contribution in [0.4, 0.5) is 4.39 Å². The summed E-state index contributed by atoms with van der Waals surface area (Å²) in [5, 5.41) is 3.71. The number of halogens is 2. The van der Waals surface area contributed by atoms with Crippen molar-refractivity contribution in [2.45, 2.75) is 41.0 Å². The minimum Gasteiger partial charge on any atom is -0.486 e. The molecule has 0 saturated heterocycles. The van der Waals surface area contributed by atoms with Crippen LogP contribution in [0.15, 0.2) is 42.5 Å². The highest BCUT2D eigenvalue weighted by molar-refractivity contribution is 7.27. The molecule has 0 radical (unpaired) electrons. The first-order valence-corrected chi connectivity index (χ1v) is 13.7. The van der Waals surface area contributed by atoms with Crippen LogP contribution in [0.5, 0.6) is 11.5 Å². The molecule has 1 amide bonds. The van der Waals surface area contributed by atoms with E-state index in [0.29, 0.717) is 36.0 Å². The molecule has 3 aromatic carbocycles. The summed E-state index contributed by atoms with van der Waals surface area (Å²) in [6.45, 7) is 10.7. The highest BCUT2D eigenvalue weighted by atomic mass is 35.5. The Bertz CT molecular complexity index is 1290. The molecule has 4 rings (SSSR count). The van der Waals surface area contributed by atoms with Gasteiger partial charge < -0.3 is 19.5 Å². The van der Waals surface area contributed by atoms with Gasteiger partial charge in [-0.2, -0.15) is 0 Å². The van der Waals surface area contributed by atoms with Crippen molar-refractivity contribution in [3.05, 3.63) is 75.6 Å². The molecule has 1 aliphatic heterocycles. The Morgan fingerprint density at radius 2 is 1.72 bits per heavy atom. The average Bonchev–Trinajstić information content (AvgIpc) is 2.93. The zero-order valence-electron chi connectivity index (χ0n) is 23.2. The maximum absolute atomic E-state index is 13.6. The molecule has 1 unspecified atom stereocenters. The largest absolute Gasteiger partial charge is 0.486 e. The van der Waals surface area contributed by atoms with Crippen LogP contribution in [0, 0.1) is 19.7 Å². The summed E-state index contributed by atoms with van der Waals surface area (Å²) in [5.74, 6) is 0.394. The van der Waals surface area contributed by atoms with E-state index in [1.54, 1.807) is 0 Å². The summed E-state index contributed by atoms with van der Waals surface area (Å²) in [4.78, 5) is 22.6. The number of methoxy groups -OCH3 is 1. The Kier molecular flexibility index (Phi) is 12.7. The van der Waals surface area contributed by atoms with Crippen molar-refractivity contribution in [2.75, 3.05) is 26.9 Å². The Labute approximate surface area is 237 Å². The third-order valence-electron chi connectivity index (χ3n) is 5.83. The number of ether oxygens (including phenoxy) is 3. The van der Waals surface area contributed by atoms with Crippen molar-refractivity contribution >= 4 is 38.0 Å². The fourth-order valence-corrected chi connectivity index (χ4v) is 4.79. The lowest BCUT2D eigenvalue weighted by Gasteiger charge is -2.24. The topological polar surface area (TPSA) is 73.9 Å². The Morgan fingerprint density at radius 1 is 1.05 bits per heavy atom. The highest BCUT2D eigenvalue weighted by Gasteiger charge is 2.22. The van der Waals surface area contributed by atoms with Gasteiger partial charge in [-0.25, -0.2) is 4.39 Å². The van der Waals surface area contributed by atoms with Crippen molar-refractivity contribution in [1.82, 2.24) is 5.32 Å². The van der Waals surface area contributed by atoms with Crippen molar-refractivity contribution in [2.24, 2.45) is 0 Å². The van der Waals surface area contributed by atoms with Crippen molar-refractivity contribution in [3.8, 4) is 22.6 Å². The average molecular weight is 576 g/mol. The van der Waals surface area contributed by atoms with E-state index in [1.165, 1.54) is 19.2 Å². The number of esters is 1. The van der Waals surface area contributed by atoms with E-state index in [1.807, 2.05) is 65.0 Å². The Balaban J connectivity index is 0.000000267. The van der Waals surface area contributed by atoms with Gasteiger partial charge in [0.1, 0.15) is 25.6 Å². The fraction of sp³-hybridized carbons (Fsp3) is 0.333. The zero-order valence-corrected chi connectivity index (χ0v) is 25.2. The molecule has 0 aromatic heterocycles. The monoisotopic (exact) mass is 575 g/mol. The lowest BCUT2D eigenvalue weighted by atomic mass is 9.95. The number of hydrogen-bond acceptors (Lipinski definition) is 5. The number of carbonyl (C=O) groups excluding carboxylic acids is 2. The van der Waals surface area contributed by atoms with Crippen LogP contribution < -0.4 is 20.1 Å². The zero-order chi connectivity index (χ0) is 29.1. The normalized spacial score (nSPS) is 11.3. The first-order chi connectivity index (χ1) is 18.7.